The van der Waals surface area contributed by atoms with Crippen molar-refractivity contribution in [3.05, 3.63) is 52.1 Å². The third-order valence-electron chi connectivity index (χ3n) is 3.97. The van der Waals surface area contributed by atoms with E-state index in [0.29, 0.717) is 11.3 Å². The molecule has 0 saturated carbocycles. The Bertz CT molecular complexity index is 906. The van der Waals surface area contributed by atoms with Gasteiger partial charge >= 0.3 is 0 Å². The molecule has 0 radical (unpaired) electrons. The Labute approximate surface area is 134 Å². The number of aliphatic hydroxyl groups is 1. The molecule has 0 unspecified atom stereocenters. The van der Waals surface area contributed by atoms with Gasteiger partial charge in [-0.15, -0.1) is 0 Å². The van der Waals surface area contributed by atoms with Gasteiger partial charge in [-0.25, -0.2) is 4.68 Å². The fraction of sp³-hybridized carbons (Fsp3) is 0.333. The lowest BCUT2D eigenvalue weighted by Gasteiger charge is -2.08. The average molecular weight is 311 g/mol. The van der Waals surface area contributed by atoms with E-state index in [-0.39, 0.29) is 12.2 Å². The van der Waals surface area contributed by atoms with E-state index >= 15 is 0 Å². The van der Waals surface area contributed by atoms with Crippen molar-refractivity contribution in [2.45, 2.75) is 26.9 Å². The highest BCUT2D eigenvalue weighted by Crippen LogP contribution is 2.28. The van der Waals surface area contributed by atoms with E-state index in [4.69, 9.17) is 0 Å². The predicted octanol–water partition coefficient (Wildman–Crippen LogP) is 2.62. The molecular formula is C18H21N3O2. The number of nitrogens with zero attached hydrogens (tertiary/aromatic N) is 2. The van der Waals surface area contributed by atoms with Crippen molar-refractivity contribution in [1.29, 1.82) is 0 Å². The van der Waals surface area contributed by atoms with Crippen molar-refractivity contribution in [3.8, 4) is 11.3 Å². The van der Waals surface area contributed by atoms with E-state index in [1.807, 2.05) is 30.5 Å². The molecule has 0 aliphatic heterocycles. The molecule has 0 spiro atoms. The Kier molecular flexibility index (Phi) is 4.05. The van der Waals surface area contributed by atoms with Gasteiger partial charge in [0.1, 0.15) is 0 Å². The van der Waals surface area contributed by atoms with Gasteiger partial charge in [0.05, 0.1) is 23.4 Å². The van der Waals surface area contributed by atoms with Gasteiger partial charge in [-0.05, 0) is 29.5 Å². The normalized spacial score (nSPS) is 11.5. The minimum absolute atomic E-state index is 0.0232. The number of rotatable bonds is 4. The van der Waals surface area contributed by atoms with Gasteiger partial charge in [-0.3, -0.25) is 4.79 Å². The third kappa shape index (κ3) is 2.80. The van der Waals surface area contributed by atoms with E-state index < -0.39 is 0 Å². The van der Waals surface area contributed by atoms with Crippen molar-refractivity contribution >= 4 is 10.8 Å². The maximum Gasteiger partial charge on any atom is 0.276 e. The Morgan fingerprint density at radius 1 is 1.35 bits per heavy atom. The molecule has 23 heavy (non-hydrogen) atoms. The fourth-order valence-corrected chi connectivity index (χ4v) is 2.91. The molecule has 1 aromatic carbocycles. The minimum atomic E-state index is -0.113. The summed E-state index contributed by atoms with van der Waals surface area (Å²) in [7, 11) is 1.69. The van der Waals surface area contributed by atoms with Crippen molar-refractivity contribution < 1.29 is 5.11 Å². The van der Waals surface area contributed by atoms with E-state index in [2.05, 4.69) is 23.9 Å². The zero-order valence-corrected chi connectivity index (χ0v) is 13.6. The van der Waals surface area contributed by atoms with Crippen LogP contribution < -0.4 is 5.56 Å². The molecule has 0 bridgehead atoms. The van der Waals surface area contributed by atoms with Crippen molar-refractivity contribution in [2.24, 2.45) is 13.0 Å². The van der Waals surface area contributed by atoms with Crippen LogP contribution in [-0.4, -0.2) is 19.9 Å². The number of aromatic amines is 1. The molecule has 5 heteroatoms. The largest absolute Gasteiger partial charge is 0.392 e. The Hall–Kier alpha value is -2.40. The summed E-state index contributed by atoms with van der Waals surface area (Å²) >= 11 is 0. The van der Waals surface area contributed by atoms with Gasteiger partial charge in [0.15, 0.2) is 0 Å². The van der Waals surface area contributed by atoms with Crippen LogP contribution in [0.1, 0.15) is 25.1 Å². The van der Waals surface area contributed by atoms with Crippen LogP contribution in [-0.2, 0) is 20.1 Å². The van der Waals surface area contributed by atoms with Crippen LogP contribution in [0.2, 0.25) is 0 Å². The zero-order valence-electron chi connectivity index (χ0n) is 13.6. The van der Waals surface area contributed by atoms with E-state index in [1.54, 1.807) is 7.05 Å². The highest BCUT2D eigenvalue weighted by atomic mass is 16.3. The number of nitrogens with one attached hydrogen (secondary N) is 1. The number of hydrogen-bond donors (Lipinski definition) is 2. The number of benzene rings is 1. The fourth-order valence-electron chi connectivity index (χ4n) is 2.91. The second kappa shape index (κ2) is 6.01. The van der Waals surface area contributed by atoms with Gasteiger partial charge in [-0.2, -0.15) is 5.10 Å². The van der Waals surface area contributed by atoms with E-state index in [9.17, 15) is 9.90 Å². The Morgan fingerprint density at radius 2 is 2.13 bits per heavy atom. The lowest BCUT2D eigenvalue weighted by atomic mass is 10.0. The summed E-state index contributed by atoms with van der Waals surface area (Å²) in [6, 6.07) is 7.58. The lowest BCUT2D eigenvalue weighted by Crippen LogP contribution is -2.21. The highest BCUT2D eigenvalue weighted by molar-refractivity contribution is 5.96. The number of hydrogen-bond acceptors (Lipinski definition) is 3. The Balaban J connectivity index is 2.27. The molecule has 5 nitrogen and oxygen atoms in total. The van der Waals surface area contributed by atoms with Crippen molar-refractivity contribution in [1.82, 2.24) is 14.8 Å². The third-order valence-corrected chi connectivity index (χ3v) is 3.97. The van der Waals surface area contributed by atoms with Crippen LogP contribution in [0, 0.1) is 5.92 Å². The first-order chi connectivity index (χ1) is 11.0. The van der Waals surface area contributed by atoms with Crippen molar-refractivity contribution in [3.63, 3.8) is 0 Å². The molecule has 3 aromatic rings. The van der Waals surface area contributed by atoms with Crippen LogP contribution in [0.3, 0.4) is 0 Å². The number of aryl methyl sites for hydroxylation is 1. The standard InChI is InChI=1S/C18H21N3O2/c1-11(2)7-15-14-9-19-17(16(14)18(23)21(3)20-15)13-6-4-5-12(8-13)10-22/h4-6,8-9,11,19,22H,7,10H2,1-3H3. The summed E-state index contributed by atoms with van der Waals surface area (Å²) in [5.74, 6) is 0.458. The van der Waals surface area contributed by atoms with Crippen LogP contribution >= 0.6 is 0 Å². The minimum Gasteiger partial charge on any atom is -0.392 e. The van der Waals surface area contributed by atoms with Gasteiger partial charge in [0.2, 0.25) is 0 Å². The van der Waals surface area contributed by atoms with Gasteiger partial charge < -0.3 is 10.1 Å². The summed E-state index contributed by atoms with van der Waals surface area (Å²) in [4.78, 5) is 15.8. The summed E-state index contributed by atoms with van der Waals surface area (Å²) in [5, 5.41) is 15.3. The van der Waals surface area contributed by atoms with Crippen LogP contribution in [0.15, 0.2) is 35.3 Å². The molecule has 0 saturated heterocycles. The van der Waals surface area contributed by atoms with Gasteiger partial charge in [0, 0.05) is 18.6 Å². The molecule has 3 rings (SSSR count). The molecule has 0 fully saturated rings. The SMILES string of the molecule is CC(C)Cc1nn(C)c(=O)c2c(-c3cccc(CO)c3)[nH]cc12. The Morgan fingerprint density at radius 3 is 2.83 bits per heavy atom. The number of aliphatic hydroxyl groups excluding tert-OH is 1. The molecule has 0 atom stereocenters. The molecule has 2 N–H and O–H groups in total. The van der Waals surface area contributed by atoms with Gasteiger partial charge in [-0.1, -0.05) is 32.0 Å². The maximum atomic E-state index is 12.6. The molecular weight excluding hydrogens is 290 g/mol. The maximum absolute atomic E-state index is 12.6. The lowest BCUT2D eigenvalue weighted by molar-refractivity contribution is 0.282. The first-order valence-corrected chi connectivity index (χ1v) is 7.78. The number of H-pyrrole nitrogens is 1. The smallest absolute Gasteiger partial charge is 0.276 e. The topological polar surface area (TPSA) is 70.9 Å². The second-order valence-electron chi connectivity index (χ2n) is 6.28. The molecule has 2 aromatic heterocycles. The highest BCUT2D eigenvalue weighted by Gasteiger charge is 2.16. The monoisotopic (exact) mass is 311 g/mol. The summed E-state index contributed by atoms with van der Waals surface area (Å²) in [6.45, 7) is 4.25. The van der Waals surface area contributed by atoms with Gasteiger partial charge in [0.25, 0.3) is 5.56 Å². The van der Waals surface area contributed by atoms with E-state index in [1.165, 1.54) is 4.68 Å². The predicted molar refractivity (Wildman–Crippen MR) is 91.2 cm³/mol. The zero-order chi connectivity index (χ0) is 16.6. The molecule has 0 aliphatic carbocycles. The summed E-state index contributed by atoms with van der Waals surface area (Å²) in [5.41, 5.74) is 3.31. The van der Waals surface area contributed by atoms with E-state index in [0.717, 1.165) is 34.3 Å². The molecule has 0 amide bonds. The van der Waals surface area contributed by atoms with Crippen LogP contribution in [0.25, 0.3) is 22.0 Å². The number of aromatic nitrogens is 3. The first kappa shape index (κ1) is 15.5. The second-order valence-corrected chi connectivity index (χ2v) is 6.28. The number of fused-ring (bicyclic) bond motifs is 1. The van der Waals surface area contributed by atoms with Crippen molar-refractivity contribution in [2.75, 3.05) is 0 Å². The first-order valence-electron chi connectivity index (χ1n) is 7.78. The molecule has 0 aliphatic rings. The molecule has 120 valence electrons. The summed E-state index contributed by atoms with van der Waals surface area (Å²) in [6.07, 6.45) is 2.68. The van der Waals surface area contributed by atoms with Crippen LogP contribution in [0.5, 0.6) is 0 Å². The summed E-state index contributed by atoms with van der Waals surface area (Å²) < 4.78 is 1.41. The average Bonchev–Trinajstić information content (AvgIpc) is 2.97. The van der Waals surface area contributed by atoms with Crippen LogP contribution in [0.4, 0.5) is 0 Å². The molecule has 2 heterocycles. The quantitative estimate of drug-likeness (QED) is 0.778.